The van der Waals surface area contributed by atoms with Crippen LogP contribution in [0.15, 0.2) is 0 Å². The zero-order valence-corrected chi connectivity index (χ0v) is 8.29. The molecule has 12 heavy (non-hydrogen) atoms. The largest absolute Gasteiger partial charge is 0.401 e. The SMILES string of the molecule is FC(F)(F)C(Br)C1CCCCC1. The van der Waals surface area contributed by atoms with Gasteiger partial charge in [0.15, 0.2) is 0 Å². The van der Waals surface area contributed by atoms with Crippen molar-refractivity contribution in [1.29, 1.82) is 0 Å². The predicted molar refractivity (Wildman–Crippen MR) is 45.3 cm³/mol. The number of alkyl halides is 4. The van der Waals surface area contributed by atoms with Crippen molar-refractivity contribution in [2.24, 2.45) is 5.92 Å². The normalized spacial score (nSPS) is 24.0. The summed E-state index contributed by atoms with van der Waals surface area (Å²) in [6.45, 7) is 0. The Bertz CT molecular complexity index is 138. The Kier molecular flexibility index (Phi) is 3.44. The lowest BCUT2D eigenvalue weighted by Crippen LogP contribution is -2.31. The molecule has 0 spiro atoms. The molecule has 0 aromatic heterocycles. The zero-order chi connectivity index (χ0) is 9.19. The van der Waals surface area contributed by atoms with E-state index in [9.17, 15) is 13.2 Å². The number of hydrogen-bond donors (Lipinski definition) is 0. The number of hydrogen-bond acceptors (Lipinski definition) is 0. The van der Waals surface area contributed by atoms with E-state index in [4.69, 9.17) is 0 Å². The van der Waals surface area contributed by atoms with Crippen molar-refractivity contribution in [2.75, 3.05) is 0 Å². The Morgan fingerprint density at radius 2 is 1.58 bits per heavy atom. The zero-order valence-electron chi connectivity index (χ0n) is 6.70. The molecule has 1 fully saturated rings. The van der Waals surface area contributed by atoms with Crippen LogP contribution in [0.5, 0.6) is 0 Å². The summed E-state index contributed by atoms with van der Waals surface area (Å²) in [5, 5.41) is 0. The average Bonchev–Trinajstić information content (AvgIpc) is 2.03. The van der Waals surface area contributed by atoms with E-state index in [2.05, 4.69) is 15.9 Å². The fourth-order valence-corrected chi connectivity index (χ4v) is 2.22. The summed E-state index contributed by atoms with van der Waals surface area (Å²) in [6.07, 6.45) is 0.354. The first-order valence-electron chi connectivity index (χ1n) is 4.22. The van der Waals surface area contributed by atoms with Crippen molar-refractivity contribution in [3.8, 4) is 0 Å². The minimum absolute atomic E-state index is 0.196. The second-order valence-electron chi connectivity index (χ2n) is 3.34. The highest BCUT2D eigenvalue weighted by molar-refractivity contribution is 9.09. The number of halogens is 4. The minimum atomic E-state index is -4.07. The van der Waals surface area contributed by atoms with E-state index in [-0.39, 0.29) is 5.92 Å². The molecule has 0 bridgehead atoms. The highest BCUT2D eigenvalue weighted by Gasteiger charge is 2.42. The number of rotatable bonds is 1. The van der Waals surface area contributed by atoms with Crippen LogP contribution < -0.4 is 0 Å². The molecule has 4 heteroatoms. The standard InChI is InChI=1S/C8H12BrF3/c9-7(8(10,11)12)6-4-2-1-3-5-6/h6-7H,1-5H2. The second-order valence-corrected chi connectivity index (χ2v) is 4.33. The maximum absolute atomic E-state index is 12.2. The second kappa shape index (κ2) is 3.99. The lowest BCUT2D eigenvalue weighted by molar-refractivity contribution is -0.138. The van der Waals surface area contributed by atoms with Crippen LogP contribution >= 0.6 is 15.9 Å². The van der Waals surface area contributed by atoms with E-state index in [0.717, 1.165) is 32.1 Å². The quantitative estimate of drug-likeness (QED) is 0.614. The Balaban J connectivity index is 2.45. The van der Waals surface area contributed by atoms with Crippen molar-refractivity contribution >= 4 is 15.9 Å². The first kappa shape index (κ1) is 10.4. The summed E-state index contributed by atoms with van der Waals surface area (Å²) in [6, 6.07) is 0. The van der Waals surface area contributed by atoms with Crippen LogP contribution in [0.3, 0.4) is 0 Å². The van der Waals surface area contributed by atoms with E-state index >= 15 is 0 Å². The molecule has 0 N–H and O–H groups in total. The van der Waals surface area contributed by atoms with Crippen LogP contribution in [-0.4, -0.2) is 11.0 Å². The maximum atomic E-state index is 12.2. The van der Waals surface area contributed by atoms with Crippen LogP contribution in [0.2, 0.25) is 0 Å². The van der Waals surface area contributed by atoms with Gasteiger partial charge >= 0.3 is 6.18 Å². The molecule has 1 atom stereocenters. The molecule has 1 aliphatic carbocycles. The van der Waals surface area contributed by atoms with Gasteiger partial charge in [-0.25, -0.2) is 0 Å². The summed E-state index contributed by atoms with van der Waals surface area (Å²) in [4.78, 5) is -1.29. The van der Waals surface area contributed by atoms with E-state index in [1.54, 1.807) is 0 Å². The van der Waals surface area contributed by atoms with E-state index in [1.165, 1.54) is 0 Å². The molecule has 0 nitrogen and oxygen atoms in total. The summed E-state index contributed by atoms with van der Waals surface area (Å²) in [7, 11) is 0. The summed E-state index contributed by atoms with van der Waals surface area (Å²) >= 11 is 2.73. The third kappa shape index (κ3) is 2.64. The fourth-order valence-electron chi connectivity index (χ4n) is 1.69. The lowest BCUT2D eigenvalue weighted by atomic mass is 9.87. The molecule has 1 saturated carbocycles. The van der Waals surface area contributed by atoms with Gasteiger partial charge in [-0.2, -0.15) is 13.2 Å². The topological polar surface area (TPSA) is 0 Å². The molecule has 0 aromatic rings. The van der Waals surface area contributed by atoms with Crippen molar-refractivity contribution in [3.63, 3.8) is 0 Å². The summed E-state index contributed by atoms with van der Waals surface area (Å²) in [5.41, 5.74) is 0. The van der Waals surface area contributed by atoms with Gasteiger partial charge in [0.2, 0.25) is 0 Å². The van der Waals surface area contributed by atoms with Gasteiger partial charge in [-0.15, -0.1) is 0 Å². The lowest BCUT2D eigenvalue weighted by Gasteiger charge is -2.27. The first-order valence-corrected chi connectivity index (χ1v) is 5.14. The molecular weight excluding hydrogens is 233 g/mol. The molecule has 72 valence electrons. The van der Waals surface area contributed by atoms with Gasteiger partial charge in [0.1, 0.15) is 4.83 Å². The molecule has 0 radical (unpaired) electrons. The van der Waals surface area contributed by atoms with Crippen LogP contribution in [0.25, 0.3) is 0 Å². The molecular formula is C8H12BrF3. The van der Waals surface area contributed by atoms with Crippen molar-refractivity contribution < 1.29 is 13.2 Å². The molecule has 0 saturated heterocycles. The van der Waals surface area contributed by atoms with Crippen LogP contribution in [0.1, 0.15) is 32.1 Å². The Morgan fingerprint density at radius 1 is 1.08 bits per heavy atom. The third-order valence-corrected chi connectivity index (χ3v) is 3.64. The summed E-state index contributed by atoms with van der Waals surface area (Å²) in [5.74, 6) is -0.196. The van der Waals surface area contributed by atoms with Crippen LogP contribution in [0.4, 0.5) is 13.2 Å². The molecule has 1 rings (SSSR count). The molecule has 0 aliphatic heterocycles. The predicted octanol–water partition coefficient (Wildman–Crippen LogP) is 3.89. The highest BCUT2D eigenvalue weighted by Crippen LogP contribution is 2.38. The van der Waals surface area contributed by atoms with Crippen LogP contribution in [-0.2, 0) is 0 Å². The van der Waals surface area contributed by atoms with E-state index < -0.39 is 11.0 Å². The van der Waals surface area contributed by atoms with Gasteiger partial charge in [-0.1, -0.05) is 35.2 Å². The maximum Gasteiger partial charge on any atom is 0.401 e. The van der Waals surface area contributed by atoms with Gasteiger partial charge in [-0.05, 0) is 18.8 Å². The van der Waals surface area contributed by atoms with Crippen molar-refractivity contribution in [3.05, 3.63) is 0 Å². The van der Waals surface area contributed by atoms with Gasteiger partial charge < -0.3 is 0 Å². The van der Waals surface area contributed by atoms with Crippen molar-refractivity contribution in [2.45, 2.75) is 43.1 Å². The highest BCUT2D eigenvalue weighted by atomic mass is 79.9. The van der Waals surface area contributed by atoms with Crippen molar-refractivity contribution in [1.82, 2.24) is 0 Å². The molecule has 0 aromatic carbocycles. The Morgan fingerprint density at radius 3 is 2.00 bits per heavy atom. The Labute approximate surface area is 78.7 Å². The Hall–Kier alpha value is 0.270. The van der Waals surface area contributed by atoms with Gasteiger partial charge in [-0.3, -0.25) is 0 Å². The summed E-state index contributed by atoms with van der Waals surface area (Å²) < 4.78 is 36.6. The minimum Gasteiger partial charge on any atom is -0.170 e. The fraction of sp³-hybridized carbons (Fsp3) is 1.00. The first-order chi connectivity index (χ1) is 5.52. The molecule has 1 unspecified atom stereocenters. The average molecular weight is 245 g/mol. The van der Waals surface area contributed by atoms with E-state index in [1.807, 2.05) is 0 Å². The van der Waals surface area contributed by atoms with E-state index in [0.29, 0.717) is 0 Å². The van der Waals surface area contributed by atoms with Gasteiger partial charge in [0.25, 0.3) is 0 Å². The smallest absolute Gasteiger partial charge is 0.170 e. The molecule has 1 aliphatic rings. The van der Waals surface area contributed by atoms with Crippen LogP contribution in [0, 0.1) is 5.92 Å². The molecule has 0 heterocycles. The van der Waals surface area contributed by atoms with Gasteiger partial charge in [0, 0.05) is 0 Å². The molecule has 0 amide bonds. The van der Waals surface area contributed by atoms with Gasteiger partial charge in [0.05, 0.1) is 0 Å². The monoisotopic (exact) mass is 244 g/mol. The third-order valence-electron chi connectivity index (χ3n) is 2.38.